The second-order valence-electron chi connectivity index (χ2n) is 4.30. The van der Waals surface area contributed by atoms with E-state index in [-0.39, 0.29) is 17.7 Å². The second kappa shape index (κ2) is 6.17. The molecule has 0 aliphatic heterocycles. The summed E-state index contributed by atoms with van der Waals surface area (Å²) >= 11 is 0. The van der Waals surface area contributed by atoms with Gasteiger partial charge < -0.3 is 9.84 Å². The molecule has 0 saturated carbocycles. The number of hydrogen-bond acceptors (Lipinski definition) is 3. The first-order valence-electron chi connectivity index (χ1n) is 6.33. The number of carbonyl (C=O) groups is 2. The van der Waals surface area contributed by atoms with Gasteiger partial charge in [-0.3, -0.25) is 0 Å². The third-order valence-electron chi connectivity index (χ3n) is 2.92. The maximum absolute atomic E-state index is 13.8. The Bertz CT molecular complexity index is 677. The van der Waals surface area contributed by atoms with Crippen LogP contribution in [0.4, 0.5) is 4.39 Å². The van der Waals surface area contributed by atoms with Crippen molar-refractivity contribution in [3.63, 3.8) is 0 Å². The van der Waals surface area contributed by atoms with Crippen molar-refractivity contribution < 1.29 is 23.8 Å². The number of ether oxygens (including phenoxy) is 1. The van der Waals surface area contributed by atoms with Gasteiger partial charge >= 0.3 is 11.9 Å². The molecule has 1 N–H and O–H groups in total. The van der Waals surface area contributed by atoms with E-state index in [1.165, 1.54) is 24.3 Å². The lowest BCUT2D eigenvalue weighted by Crippen LogP contribution is -2.04. The molecule has 2 aromatic carbocycles. The van der Waals surface area contributed by atoms with Gasteiger partial charge in [0.05, 0.1) is 17.7 Å². The van der Waals surface area contributed by atoms with Crippen LogP contribution in [0.25, 0.3) is 11.1 Å². The van der Waals surface area contributed by atoms with Crippen LogP contribution in [0.2, 0.25) is 0 Å². The molecule has 0 aromatic heterocycles. The van der Waals surface area contributed by atoms with Crippen LogP contribution in [0.1, 0.15) is 27.6 Å². The minimum Gasteiger partial charge on any atom is -0.478 e. The minimum atomic E-state index is -1.13. The molecular formula is C16H13FO4. The highest BCUT2D eigenvalue weighted by molar-refractivity contribution is 5.91. The lowest BCUT2D eigenvalue weighted by molar-refractivity contribution is 0.0526. The molecule has 4 nitrogen and oxygen atoms in total. The van der Waals surface area contributed by atoms with Crippen LogP contribution >= 0.6 is 0 Å². The molecule has 21 heavy (non-hydrogen) atoms. The second-order valence-corrected chi connectivity index (χ2v) is 4.30. The number of hydrogen-bond donors (Lipinski definition) is 1. The third kappa shape index (κ3) is 3.25. The maximum atomic E-state index is 13.8. The predicted molar refractivity (Wildman–Crippen MR) is 74.8 cm³/mol. The zero-order valence-electron chi connectivity index (χ0n) is 11.3. The molecule has 0 unspecified atom stereocenters. The van der Waals surface area contributed by atoms with Crippen molar-refractivity contribution in [2.24, 2.45) is 0 Å². The number of halogens is 1. The molecule has 0 amide bonds. The molecule has 2 rings (SSSR count). The summed E-state index contributed by atoms with van der Waals surface area (Å²) < 4.78 is 18.7. The van der Waals surface area contributed by atoms with Crippen LogP contribution in [0.15, 0.2) is 42.5 Å². The summed E-state index contributed by atoms with van der Waals surface area (Å²) in [5.41, 5.74) is 1.02. The Morgan fingerprint density at radius 1 is 1.10 bits per heavy atom. The Morgan fingerprint density at radius 3 is 2.29 bits per heavy atom. The minimum absolute atomic E-state index is 0.000805. The van der Waals surface area contributed by atoms with E-state index < -0.39 is 17.8 Å². The molecule has 0 fully saturated rings. The fraction of sp³-hybridized carbons (Fsp3) is 0.125. The topological polar surface area (TPSA) is 63.6 Å². The van der Waals surface area contributed by atoms with Gasteiger partial charge in [0, 0.05) is 5.56 Å². The van der Waals surface area contributed by atoms with Crippen molar-refractivity contribution in [3.8, 4) is 11.1 Å². The Hall–Kier alpha value is -2.69. The number of esters is 1. The maximum Gasteiger partial charge on any atom is 0.338 e. The van der Waals surface area contributed by atoms with Gasteiger partial charge in [-0.25, -0.2) is 14.0 Å². The van der Waals surface area contributed by atoms with Crippen molar-refractivity contribution in [2.45, 2.75) is 6.92 Å². The highest BCUT2D eigenvalue weighted by atomic mass is 19.1. The Labute approximate surface area is 120 Å². The smallest absolute Gasteiger partial charge is 0.338 e. The standard InChI is InChI=1S/C16H13FO4/c1-2-21-16(20)11-5-3-10(4-6-11)13-9-12(15(18)19)7-8-14(13)17/h3-9H,2H2,1H3,(H,18,19). The molecule has 0 saturated heterocycles. The van der Waals surface area contributed by atoms with E-state index in [1.54, 1.807) is 19.1 Å². The highest BCUT2D eigenvalue weighted by Crippen LogP contribution is 2.24. The van der Waals surface area contributed by atoms with E-state index in [4.69, 9.17) is 9.84 Å². The van der Waals surface area contributed by atoms with Crippen molar-refractivity contribution in [3.05, 3.63) is 59.4 Å². The van der Waals surface area contributed by atoms with E-state index in [0.717, 1.165) is 6.07 Å². The zero-order chi connectivity index (χ0) is 15.4. The molecule has 0 spiro atoms. The molecule has 0 aliphatic rings. The zero-order valence-corrected chi connectivity index (χ0v) is 11.3. The number of rotatable bonds is 4. The van der Waals surface area contributed by atoms with Crippen molar-refractivity contribution in [2.75, 3.05) is 6.61 Å². The van der Waals surface area contributed by atoms with Crippen LogP contribution in [0.5, 0.6) is 0 Å². The number of benzene rings is 2. The van der Waals surface area contributed by atoms with E-state index >= 15 is 0 Å². The van der Waals surface area contributed by atoms with Gasteiger partial charge in [-0.05, 0) is 42.8 Å². The summed E-state index contributed by atoms with van der Waals surface area (Å²) in [7, 11) is 0. The van der Waals surface area contributed by atoms with Gasteiger partial charge in [0.15, 0.2) is 0 Å². The number of carboxylic acids is 1. The van der Waals surface area contributed by atoms with E-state index in [9.17, 15) is 14.0 Å². The Kier molecular flexibility index (Phi) is 4.33. The van der Waals surface area contributed by atoms with Crippen LogP contribution in [-0.2, 0) is 4.74 Å². The van der Waals surface area contributed by atoms with Gasteiger partial charge in [-0.15, -0.1) is 0 Å². The first-order chi connectivity index (χ1) is 10.0. The summed E-state index contributed by atoms with van der Waals surface area (Å²) in [6, 6.07) is 9.70. The summed E-state index contributed by atoms with van der Waals surface area (Å²) in [4.78, 5) is 22.5. The first-order valence-corrected chi connectivity index (χ1v) is 6.33. The van der Waals surface area contributed by atoms with Crippen molar-refractivity contribution >= 4 is 11.9 Å². The summed E-state index contributed by atoms with van der Waals surface area (Å²) in [6.07, 6.45) is 0. The Morgan fingerprint density at radius 2 is 1.71 bits per heavy atom. The molecule has 0 heterocycles. The average molecular weight is 288 g/mol. The van der Waals surface area contributed by atoms with Gasteiger partial charge in [0.1, 0.15) is 5.82 Å². The van der Waals surface area contributed by atoms with Crippen LogP contribution in [0.3, 0.4) is 0 Å². The first kappa shape index (κ1) is 14.7. The van der Waals surface area contributed by atoms with Crippen LogP contribution in [-0.4, -0.2) is 23.7 Å². The monoisotopic (exact) mass is 288 g/mol. The summed E-state index contributed by atoms with van der Waals surface area (Å²) in [6.45, 7) is 1.98. The number of aromatic carboxylic acids is 1. The van der Waals surface area contributed by atoms with E-state index in [0.29, 0.717) is 11.1 Å². The fourth-order valence-electron chi connectivity index (χ4n) is 1.88. The number of carbonyl (C=O) groups excluding carboxylic acids is 1. The van der Waals surface area contributed by atoms with Crippen LogP contribution < -0.4 is 0 Å². The Balaban J connectivity index is 2.36. The molecular weight excluding hydrogens is 275 g/mol. The third-order valence-corrected chi connectivity index (χ3v) is 2.92. The molecule has 0 radical (unpaired) electrons. The summed E-state index contributed by atoms with van der Waals surface area (Å²) in [5.74, 6) is -2.10. The van der Waals surface area contributed by atoms with Gasteiger partial charge in [0.2, 0.25) is 0 Å². The van der Waals surface area contributed by atoms with Crippen molar-refractivity contribution in [1.29, 1.82) is 0 Å². The fourth-order valence-corrected chi connectivity index (χ4v) is 1.88. The molecule has 108 valence electrons. The van der Waals surface area contributed by atoms with Gasteiger partial charge in [-0.2, -0.15) is 0 Å². The highest BCUT2D eigenvalue weighted by Gasteiger charge is 2.11. The van der Waals surface area contributed by atoms with E-state index in [2.05, 4.69) is 0 Å². The van der Waals surface area contributed by atoms with Gasteiger partial charge in [0.25, 0.3) is 0 Å². The summed E-state index contributed by atoms with van der Waals surface area (Å²) in [5, 5.41) is 8.94. The molecule has 0 atom stereocenters. The molecule has 0 bridgehead atoms. The van der Waals surface area contributed by atoms with Crippen molar-refractivity contribution in [1.82, 2.24) is 0 Å². The predicted octanol–water partition coefficient (Wildman–Crippen LogP) is 3.37. The van der Waals surface area contributed by atoms with Gasteiger partial charge in [-0.1, -0.05) is 12.1 Å². The van der Waals surface area contributed by atoms with Crippen LogP contribution in [0, 0.1) is 5.82 Å². The average Bonchev–Trinajstić information content (AvgIpc) is 2.48. The largest absolute Gasteiger partial charge is 0.478 e. The normalized spacial score (nSPS) is 10.2. The SMILES string of the molecule is CCOC(=O)c1ccc(-c2cc(C(=O)O)ccc2F)cc1. The van der Waals surface area contributed by atoms with E-state index in [1.807, 2.05) is 0 Å². The molecule has 0 aliphatic carbocycles. The molecule has 2 aromatic rings. The molecule has 5 heteroatoms. The lowest BCUT2D eigenvalue weighted by atomic mass is 10.0. The lowest BCUT2D eigenvalue weighted by Gasteiger charge is -2.06. The quantitative estimate of drug-likeness (QED) is 0.876. The number of carboxylic acid groups (broad SMARTS) is 1.